The Labute approximate surface area is 119 Å². The van der Waals surface area contributed by atoms with Gasteiger partial charge in [0, 0.05) is 6.04 Å². The van der Waals surface area contributed by atoms with E-state index in [0.717, 1.165) is 5.56 Å². The van der Waals surface area contributed by atoms with Crippen LogP contribution in [0, 0.1) is 0 Å². The molecule has 0 saturated heterocycles. The van der Waals surface area contributed by atoms with Crippen molar-refractivity contribution in [3.63, 3.8) is 0 Å². The summed E-state index contributed by atoms with van der Waals surface area (Å²) >= 11 is 4.26. The van der Waals surface area contributed by atoms with Crippen molar-refractivity contribution in [1.82, 2.24) is 10.6 Å². The van der Waals surface area contributed by atoms with E-state index < -0.39 is 5.25 Å². The molecule has 2 amide bonds. The van der Waals surface area contributed by atoms with E-state index in [0.29, 0.717) is 6.42 Å². The average molecular weight is 280 g/mol. The predicted molar refractivity (Wildman–Crippen MR) is 79.2 cm³/mol. The second kappa shape index (κ2) is 7.84. The first kappa shape index (κ1) is 15.6. The van der Waals surface area contributed by atoms with E-state index in [1.54, 1.807) is 0 Å². The van der Waals surface area contributed by atoms with Crippen LogP contribution in [-0.4, -0.2) is 29.7 Å². The van der Waals surface area contributed by atoms with Gasteiger partial charge < -0.3 is 10.6 Å². The molecular formula is C14H20N2O2S. The SMILES string of the molecule is CC(C)NC(=O)CNC(=O)C(S)Cc1ccccc1. The molecule has 0 radical (unpaired) electrons. The Balaban J connectivity index is 2.35. The molecule has 1 unspecified atom stereocenters. The summed E-state index contributed by atoms with van der Waals surface area (Å²) in [5.41, 5.74) is 1.05. The number of rotatable bonds is 6. The van der Waals surface area contributed by atoms with Crippen LogP contribution >= 0.6 is 12.6 Å². The van der Waals surface area contributed by atoms with E-state index in [2.05, 4.69) is 23.3 Å². The second-order valence-corrected chi connectivity index (χ2v) is 5.27. The second-order valence-electron chi connectivity index (χ2n) is 4.65. The number of carbonyl (C=O) groups is 2. The van der Waals surface area contributed by atoms with Crippen molar-refractivity contribution in [3.8, 4) is 0 Å². The van der Waals surface area contributed by atoms with Crippen LogP contribution in [0.3, 0.4) is 0 Å². The third-order valence-electron chi connectivity index (χ3n) is 2.45. The first-order valence-corrected chi connectivity index (χ1v) is 6.79. The lowest BCUT2D eigenvalue weighted by molar-refractivity contribution is -0.126. The van der Waals surface area contributed by atoms with Crippen LogP contribution in [0.5, 0.6) is 0 Å². The Morgan fingerprint density at radius 2 is 1.84 bits per heavy atom. The van der Waals surface area contributed by atoms with Crippen LogP contribution in [0.2, 0.25) is 0 Å². The Bertz CT molecular complexity index is 421. The molecule has 0 spiro atoms. The molecule has 2 N–H and O–H groups in total. The van der Waals surface area contributed by atoms with E-state index in [4.69, 9.17) is 0 Å². The van der Waals surface area contributed by atoms with Crippen molar-refractivity contribution < 1.29 is 9.59 Å². The van der Waals surface area contributed by atoms with Crippen LogP contribution in [-0.2, 0) is 16.0 Å². The van der Waals surface area contributed by atoms with E-state index in [9.17, 15) is 9.59 Å². The van der Waals surface area contributed by atoms with Crippen molar-refractivity contribution in [2.45, 2.75) is 31.6 Å². The standard InChI is InChI=1S/C14H20N2O2S/c1-10(2)16-13(17)9-15-14(18)12(19)8-11-6-4-3-5-7-11/h3-7,10,12,19H,8-9H2,1-2H3,(H,15,18)(H,16,17). The van der Waals surface area contributed by atoms with Crippen molar-refractivity contribution in [2.75, 3.05) is 6.54 Å². The molecule has 0 aliphatic carbocycles. The summed E-state index contributed by atoms with van der Waals surface area (Å²) in [5, 5.41) is 4.84. The fourth-order valence-electron chi connectivity index (χ4n) is 1.59. The zero-order valence-corrected chi connectivity index (χ0v) is 12.1. The van der Waals surface area contributed by atoms with Gasteiger partial charge in [-0.3, -0.25) is 9.59 Å². The molecule has 0 heterocycles. The molecule has 0 bridgehead atoms. The van der Waals surface area contributed by atoms with Gasteiger partial charge in [0.05, 0.1) is 11.8 Å². The van der Waals surface area contributed by atoms with Crippen LogP contribution < -0.4 is 10.6 Å². The van der Waals surface area contributed by atoms with E-state index in [1.807, 2.05) is 44.2 Å². The zero-order chi connectivity index (χ0) is 14.3. The van der Waals surface area contributed by atoms with Crippen LogP contribution in [0.15, 0.2) is 30.3 Å². The van der Waals surface area contributed by atoms with Crippen LogP contribution in [0.25, 0.3) is 0 Å². The molecule has 0 fully saturated rings. The highest BCUT2D eigenvalue weighted by atomic mass is 32.1. The fraction of sp³-hybridized carbons (Fsp3) is 0.429. The minimum Gasteiger partial charge on any atom is -0.352 e. The van der Waals surface area contributed by atoms with Gasteiger partial charge in [0.1, 0.15) is 0 Å². The van der Waals surface area contributed by atoms with Gasteiger partial charge in [-0.2, -0.15) is 12.6 Å². The molecule has 5 heteroatoms. The van der Waals surface area contributed by atoms with Gasteiger partial charge in [0.2, 0.25) is 11.8 Å². The van der Waals surface area contributed by atoms with Gasteiger partial charge in [-0.1, -0.05) is 30.3 Å². The monoisotopic (exact) mass is 280 g/mol. The smallest absolute Gasteiger partial charge is 0.239 e. The van der Waals surface area contributed by atoms with E-state index >= 15 is 0 Å². The number of thiol groups is 1. The molecule has 0 aromatic heterocycles. The third-order valence-corrected chi connectivity index (χ3v) is 2.86. The fourth-order valence-corrected chi connectivity index (χ4v) is 1.89. The Kier molecular flexibility index (Phi) is 6.42. The maximum absolute atomic E-state index is 11.8. The first-order valence-electron chi connectivity index (χ1n) is 6.28. The molecule has 1 aromatic carbocycles. The van der Waals surface area contributed by atoms with E-state index in [1.165, 1.54) is 0 Å². The molecule has 1 aromatic rings. The van der Waals surface area contributed by atoms with Crippen molar-refractivity contribution >= 4 is 24.4 Å². The molecule has 4 nitrogen and oxygen atoms in total. The van der Waals surface area contributed by atoms with Gasteiger partial charge in [-0.15, -0.1) is 0 Å². The lowest BCUT2D eigenvalue weighted by atomic mass is 10.1. The molecule has 104 valence electrons. The Morgan fingerprint density at radius 3 is 2.42 bits per heavy atom. The Hall–Kier alpha value is -1.49. The maximum atomic E-state index is 11.8. The number of nitrogens with one attached hydrogen (secondary N) is 2. The number of hydrogen-bond donors (Lipinski definition) is 3. The Morgan fingerprint density at radius 1 is 1.21 bits per heavy atom. The molecule has 0 saturated carbocycles. The quantitative estimate of drug-likeness (QED) is 0.685. The van der Waals surface area contributed by atoms with Gasteiger partial charge in [-0.05, 0) is 25.8 Å². The minimum absolute atomic E-state index is 0.0110. The van der Waals surface area contributed by atoms with Crippen molar-refractivity contribution in [1.29, 1.82) is 0 Å². The molecule has 0 aliphatic rings. The number of amides is 2. The van der Waals surface area contributed by atoms with Gasteiger partial charge in [-0.25, -0.2) is 0 Å². The number of hydrogen-bond acceptors (Lipinski definition) is 3. The van der Waals surface area contributed by atoms with Crippen molar-refractivity contribution in [2.24, 2.45) is 0 Å². The normalized spacial score (nSPS) is 12.0. The predicted octanol–water partition coefficient (Wildman–Crippen LogP) is 1.17. The topological polar surface area (TPSA) is 58.2 Å². The van der Waals surface area contributed by atoms with Crippen molar-refractivity contribution in [3.05, 3.63) is 35.9 Å². The van der Waals surface area contributed by atoms with Gasteiger partial charge in [0.15, 0.2) is 0 Å². The molecule has 19 heavy (non-hydrogen) atoms. The molecule has 1 atom stereocenters. The maximum Gasteiger partial charge on any atom is 0.239 e. The highest BCUT2D eigenvalue weighted by Crippen LogP contribution is 2.07. The van der Waals surface area contributed by atoms with Gasteiger partial charge in [0.25, 0.3) is 0 Å². The lowest BCUT2D eigenvalue weighted by Gasteiger charge is -2.12. The highest BCUT2D eigenvalue weighted by molar-refractivity contribution is 7.81. The summed E-state index contributed by atoms with van der Waals surface area (Å²) in [6, 6.07) is 9.73. The summed E-state index contributed by atoms with van der Waals surface area (Å²) in [7, 11) is 0. The van der Waals surface area contributed by atoms with Gasteiger partial charge >= 0.3 is 0 Å². The summed E-state index contributed by atoms with van der Waals surface area (Å²) in [4.78, 5) is 23.2. The lowest BCUT2D eigenvalue weighted by Crippen LogP contribution is -2.42. The molecule has 1 rings (SSSR count). The zero-order valence-electron chi connectivity index (χ0n) is 11.2. The minimum atomic E-state index is -0.450. The van der Waals surface area contributed by atoms with Crippen LogP contribution in [0.4, 0.5) is 0 Å². The summed E-state index contributed by atoms with van der Waals surface area (Å²) in [6.45, 7) is 3.73. The number of carbonyl (C=O) groups excluding carboxylic acids is 2. The van der Waals surface area contributed by atoms with Crippen LogP contribution in [0.1, 0.15) is 19.4 Å². The average Bonchev–Trinajstić information content (AvgIpc) is 2.36. The largest absolute Gasteiger partial charge is 0.352 e. The summed E-state index contributed by atoms with van der Waals surface area (Å²) < 4.78 is 0. The van der Waals surface area contributed by atoms with E-state index in [-0.39, 0.29) is 24.4 Å². The molecule has 0 aliphatic heterocycles. The summed E-state index contributed by atoms with van der Waals surface area (Å²) in [6.07, 6.45) is 0.543. The summed E-state index contributed by atoms with van der Waals surface area (Å²) in [5.74, 6) is -0.422. The first-order chi connectivity index (χ1) is 8.99. The molecular weight excluding hydrogens is 260 g/mol. The number of benzene rings is 1. The third kappa shape index (κ3) is 6.29. The highest BCUT2D eigenvalue weighted by Gasteiger charge is 2.15.